The Hall–Kier alpha value is -3.08. The van der Waals surface area contributed by atoms with Crippen LogP contribution in [0.2, 0.25) is 0 Å². The second kappa shape index (κ2) is 5.37. The van der Waals surface area contributed by atoms with Crippen molar-refractivity contribution < 1.29 is 9.13 Å². The standard InChI is InChI=1S/C17H14FN3O/c1-2-12-13-6-7-21-15(13)9-14(18)16(12)22-11-5-3-4-10(8-11)17(19)20/h2-9,21H,1H2,(H3,19,20). The van der Waals surface area contributed by atoms with Crippen LogP contribution in [0.15, 0.2) is 49.2 Å². The van der Waals surface area contributed by atoms with Gasteiger partial charge in [0, 0.05) is 34.3 Å². The first-order valence-corrected chi connectivity index (χ1v) is 6.64. The Balaban J connectivity index is 2.10. The quantitative estimate of drug-likeness (QED) is 0.502. The highest BCUT2D eigenvalue weighted by atomic mass is 19.1. The summed E-state index contributed by atoms with van der Waals surface area (Å²) in [5.41, 5.74) is 7.22. The van der Waals surface area contributed by atoms with E-state index in [1.165, 1.54) is 6.07 Å². The summed E-state index contributed by atoms with van der Waals surface area (Å²) in [4.78, 5) is 2.96. The molecule has 0 spiro atoms. The number of rotatable bonds is 4. The maximum absolute atomic E-state index is 14.3. The number of halogens is 1. The molecule has 5 heteroatoms. The lowest BCUT2D eigenvalue weighted by Crippen LogP contribution is -2.10. The fraction of sp³-hybridized carbons (Fsp3) is 0. The number of H-pyrrole nitrogens is 1. The van der Waals surface area contributed by atoms with Gasteiger partial charge in [-0.2, -0.15) is 0 Å². The molecule has 2 aromatic carbocycles. The minimum absolute atomic E-state index is 0.0732. The van der Waals surface area contributed by atoms with Gasteiger partial charge < -0.3 is 15.5 Å². The van der Waals surface area contributed by atoms with Crippen LogP contribution in [0.1, 0.15) is 11.1 Å². The third-order valence-corrected chi connectivity index (χ3v) is 3.37. The van der Waals surface area contributed by atoms with Gasteiger partial charge in [-0.25, -0.2) is 4.39 Å². The monoisotopic (exact) mass is 295 g/mol. The number of ether oxygens (including phenoxy) is 1. The first kappa shape index (κ1) is 13.9. The molecule has 110 valence electrons. The molecule has 0 aliphatic carbocycles. The van der Waals surface area contributed by atoms with Crippen LogP contribution in [0, 0.1) is 11.2 Å². The smallest absolute Gasteiger partial charge is 0.170 e. The van der Waals surface area contributed by atoms with E-state index in [0.717, 1.165) is 5.39 Å². The minimum Gasteiger partial charge on any atom is -0.454 e. The van der Waals surface area contributed by atoms with Crippen LogP contribution in [0.25, 0.3) is 17.0 Å². The van der Waals surface area contributed by atoms with Crippen molar-refractivity contribution in [3.63, 3.8) is 0 Å². The summed E-state index contributed by atoms with van der Waals surface area (Å²) in [5, 5.41) is 8.28. The first-order chi connectivity index (χ1) is 10.6. The maximum atomic E-state index is 14.3. The molecule has 0 saturated carbocycles. The predicted molar refractivity (Wildman–Crippen MR) is 85.9 cm³/mol. The molecule has 0 aliphatic rings. The number of nitrogen functional groups attached to an aromatic ring is 1. The molecule has 4 nitrogen and oxygen atoms in total. The van der Waals surface area contributed by atoms with Gasteiger partial charge in [-0.3, -0.25) is 5.41 Å². The lowest BCUT2D eigenvalue weighted by molar-refractivity contribution is 0.442. The number of fused-ring (bicyclic) bond motifs is 1. The minimum atomic E-state index is -0.488. The van der Waals surface area contributed by atoms with E-state index in [2.05, 4.69) is 11.6 Å². The van der Waals surface area contributed by atoms with Crippen LogP contribution in [-0.2, 0) is 0 Å². The van der Waals surface area contributed by atoms with Crippen LogP contribution in [0.4, 0.5) is 4.39 Å². The summed E-state index contributed by atoms with van der Waals surface area (Å²) in [5.74, 6) is -0.0542. The average molecular weight is 295 g/mol. The summed E-state index contributed by atoms with van der Waals surface area (Å²) < 4.78 is 20.0. The molecule has 1 aromatic heterocycles. The van der Waals surface area contributed by atoms with Crippen LogP contribution in [0.5, 0.6) is 11.5 Å². The van der Waals surface area contributed by atoms with Crippen molar-refractivity contribution in [3.05, 3.63) is 66.1 Å². The zero-order valence-corrected chi connectivity index (χ0v) is 11.7. The molecule has 0 radical (unpaired) electrons. The Morgan fingerprint density at radius 2 is 2.14 bits per heavy atom. The lowest BCUT2D eigenvalue weighted by Gasteiger charge is -2.12. The van der Waals surface area contributed by atoms with Crippen molar-refractivity contribution >= 4 is 22.8 Å². The van der Waals surface area contributed by atoms with Gasteiger partial charge in [0.15, 0.2) is 11.6 Å². The van der Waals surface area contributed by atoms with Crippen LogP contribution < -0.4 is 10.5 Å². The van der Waals surface area contributed by atoms with Crippen molar-refractivity contribution in [2.75, 3.05) is 0 Å². The second-order valence-electron chi connectivity index (χ2n) is 4.79. The molecule has 0 fully saturated rings. The molecule has 0 amide bonds. The molecule has 4 N–H and O–H groups in total. The van der Waals surface area contributed by atoms with E-state index in [9.17, 15) is 4.39 Å². The number of hydrogen-bond acceptors (Lipinski definition) is 2. The number of aromatic amines is 1. The third-order valence-electron chi connectivity index (χ3n) is 3.37. The van der Waals surface area contributed by atoms with Crippen LogP contribution in [0.3, 0.4) is 0 Å². The molecule has 22 heavy (non-hydrogen) atoms. The van der Waals surface area contributed by atoms with Gasteiger partial charge >= 0.3 is 0 Å². The van der Waals surface area contributed by atoms with Gasteiger partial charge in [0.25, 0.3) is 0 Å². The van der Waals surface area contributed by atoms with Gasteiger partial charge in [0.2, 0.25) is 0 Å². The van der Waals surface area contributed by atoms with Crippen molar-refractivity contribution in [3.8, 4) is 11.5 Å². The molecular weight excluding hydrogens is 281 g/mol. The lowest BCUT2D eigenvalue weighted by atomic mass is 10.1. The molecule has 0 aliphatic heterocycles. The van der Waals surface area contributed by atoms with Crippen LogP contribution in [-0.4, -0.2) is 10.8 Å². The molecular formula is C17H14FN3O. The predicted octanol–water partition coefficient (Wildman–Crippen LogP) is 4.03. The highest BCUT2D eigenvalue weighted by molar-refractivity contribution is 5.95. The molecule has 0 saturated heterocycles. The number of nitrogens with one attached hydrogen (secondary N) is 2. The third kappa shape index (κ3) is 2.33. The molecule has 0 unspecified atom stereocenters. The largest absolute Gasteiger partial charge is 0.454 e. The molecule has 1 heterocycles. The number of aromatic nitrogens is 1. The van der Waals surface area contributed by atoms with Gasteiger partial charge in [-0.05, 0) is 18.2 Å². The highest BCUT2D eigenvalue weighted by Gasteiger charge is 2.15. The van der Waals surface area contributed by atoms with Crippen molar-refractivity contribution in [1.82, 2.24) is 4.98 Å². The van der Waals surface area contributed by atoms with Gasteiger partial charge in [0.1, 0.15) is 11.6 Å². The fourth-order valence-electron chi connectivity index (χ4n) is 2.33. The Morgan fingerprint density at radius 1 is 1.32 bits per heavy atom. The van der Waals surface area contributed by atoms with Crippen molar-refractivity contribution in [2.24, 2.45) is 5.73 Å². The van der Waals surface area contributed by atoms with E-state index >= 15 is 0 Å². The second-order valence-corrected chi connectivity index (χ2v) is 4.79. The normalized spacial score (nSPS) is 10.6. The summed E-state index contributed by atoms with van der Waals surface area (Å²) in [7, 11) is 0. The molecule has 3 aromatic rings. The summed E-state index contributed by atoms with van der Waals surface area (Å²) in [6, 6.07) is 9.88. The van der Waals surface area contributed by atoms with E-state index in [1.54, 1.807) is 36.5 Å². The zero-order valence-electron chi connectivity index (χ0n) is 11.7. The van der Waals surface area contributed by atoms with Gasteiger partial charge in [0.05, 0.1) is 0 Å². The van der Waals surface area contributed by atoms with E-state index < -0.39 is 5.82 Å². The van der Waals surface area contributed by atoms with Gasteiger partial charge in [-0.15, -0.1) is 0 Å². The first-order valence-electron chi connectivity index (χ1n) is 6.64. The molecule has 0 atom stereocenters. The number of amidine groups is 1. The Labute approximate surface area is 126 Å². The highest BCUT2D eigenvalue weighted by Crippen LogP contribution is 2.35. The number of hydrogen-bond donors (Lipinski definition) is 3. The average Bonchev–Trinajstić information content (AvgIpc) is 2.96. The Morgan fingerprint density at radius 3 is 2.86 bits per heavy atom. The van der Waals surface area contributed by atoms with E-state index in [0.29, 0.717) is 22.4 Å². The molecule has 3 rings (SSSR count). The van der Waals surface area contributed by atoms with E-state index in [-0.39, 0.29) is 11.6 Å². The topological polar surface area (TPSA) is 74.9 Å². The van der Waals surface area contributed by atoms with Crippen molar-refractivity contribution in [2.45, 2.75) is 0 Å². The SMILES string of the molecule is C=Cc1c(Oc2cccc(C(=N)N)c2)c(F)cc2[nH]ccc12. The summed E-state index contributed by atoms with van der Waals surface area (Å²) in [6.45, 7) is 3.74. The zero-order chi connectivity index (χ0) is 15.7. The molecule has 0 bridgehead atoms. The van der Waals surface area contributed by atoms with E-state index in [4.69, 9.17) is 15.9 Å². The van der Waals surface area contributed by atoms with Gasteiger partial charge in [-0.1, -0.05) is 24.8 Å². The Kier molecular flexibility index (Phi) is 3.39. The van der Waals surface area contributed by atoms with E-state index in [1.807, 2.05) is 6.07 Å². The number of benzene rings is 2. The summed E-state index contributed by atoms with van der Waals surface area (Å²) >= 11 is 0. The van der Waals surface area contributed by atoms with Crippen LogP contribution >= 0.6 is 0 Å². The summed E-state index contributed by atoms with van der Waals surface area (Å²) in [6.07, 6.45) is 3.29. The Bertz CT molecular complexity index is 883. The fourth-order valence-corrected chi connectivity index (χ4v) is 2.33. The van der Waals surface area contributed by atoms with Crippen molar-refractivity contribution in [1.29, 1.82) is 5.41 Å². The maximum Gasteiger partial charge on any atom is 0.170 e. The number of nitrogens with two attached hydrogens (primary N) is 1.